The molecule has 0 spiro atoms. The van der Waals surface area contributed by atoms with Gasteiger partial charge in [-0.05, 0) is 18.6 Å². The van der Waals surface area contributed by atoms with E-state index >= 15 is 0 Å². The van der Waals surface area contributed by atoms with Crippen LogP contribution >= 0.6 is 11.3 Å². The number of rotatable bonds is 3. The van der Waals surface area contributed by atoms with Crippen molar-refractivity contribution in [2.24, 2.45) is 5.73 Å². The van der Waals surface area contributed by atoms with Crippen molar-refractivity contribution in [3.05, 3.63) is 40.2 Å². The van der Waals surface area contributed by atoms with Crippen molar-refractivity contribution in [1.29, 1.82) is 0 Å². The molecule has 0 aliphatic rings. The van der Waals surface area contributed by atoms with E-state index in [-0.39, 0.29) is 6.04 Å². The van der Waals surface area contributed by atoms with E-state index in [4.69, 9.17) is 10.2 Å². The van der Waals surface area contributed by atoms with Crippen LogP contribution in [0.3, 0.4) is 0 Å². The third-order valence-electron chi connectivity index (χ3n) is 2.14. The minimum Gasteiger partial charge on any atom is -0.467 e. The number of thiazole rings is 1. The molecule has 0 aliphatic heterocycles. The van der Waals surface area contributed by atoms with Crippen molar-refractivity contribution in [2.75, 3.05) is 0 Å². The van der Waals surface area contributed by atoms with E-state index in [9.17, 15) is 0 Å². The first-order valence-corrected chi connectivity index (χ1v) is 5.32. The van der Waals surface area contributed by atoms with Gasteiger partial charge in [-0.2, -0.15) is 0 Å². The summed E-state index contributed by atoms with van der Waals surface area (Å²) in [4.78, 5) is 5.20. The summed E-state index contributed by atoms with van der Waals surface area (Å²) in [7, 11) is 0. The van der Waals surface area contributed by atoms with E-state index in [0.29, 0.717) is 0 Å². The van der Waals surface area contributed by atoms with Crippen LogP contribution in [0.1, 0.15) is 22.2 Å². The SMILES string of the molecule is Cc1ccoc1C(N)Cc1cncs1. The van der Waals surface area contributed by atoms with Gasteiger partial charge >= 0.3 is 0 Å². The van der Waals surface area contributed by atoms with E-state index < -0.39 is 0 Å². The summed E-state index contributed by atoms with van der Waals surface area (Å²) in [6, 6.07) is 1.87. The van der Waals surface area contributed by atoms with E-state index in [1.807, 2.05) is 24.7 Å². The van der Waals surface area contributed by atoms with Crippen LogP contribution in [0.2, 0.25) is 0 Å². The van der Waals surface area contributed by atoms with Crippen LogP contribution in [0.15, 0.2) is 28.5 Å². The Morgan fingerprint density at radius 2 is 2.50 bits per heavy atom. The van der Waals surface area contributed by atoms with Crippen molar-refractivity contribution >= 4 is 11.3 Å². The topological polar surface area (TPSA) is 52.0 Å². The number of hydrogen-bond acceptors (Lipinski definition) is 4. The van der Waals surface area contributed by atoms with Crippen molar-refractivity contribution in [3.63, 3.8) is 0 Å². The molecule has 14 heavy (non-hydrogen) atoms. The van der Waals surface area contributed by atoms with Crippen LogP contribution in [0.25, 0.3) is 0 Å². The van der Waals surface area contributed by atoms with Crippen molar-refractivity contribution in [1.82, 2.24) is 4.98 Å². The fourth-order valence-electron chi connectivity index (χ4n) is 1.42. The highest BCUT2D eigenvalue weighted by Crippen LogP contribution is 2.21. The number of aromatic nitrogens is 1. The van der Waals surface area contributed by atoms with Crippen LogP contribution < -0.4 is 5.73 Å². The molecule has 3 nitrogen and oxygen atoms in total. The fraction of sp³-hybridized carbons (Fsp3) is 0.300. The van der Waals surface area contributed by atoms with Crippen LogP contribution in [-0.4, -0.2) is 4.98 Å². The first-order chi connectivity index (χ1) is 6.77. The van der Waals surface area contributed by atoms with Crippen LogP contribution in [-0.2, 0) is 6.42 Å². The molecule has 0 fully saturated rings. The van der Waals surface area contributed by atoms with Gasteiger partial charge in [0.25, 0.3) is 0 Å². The summed E-state index contributed by atoms with van der Waals surface area (Å²) in [6.07, 6.45) is 4.32. The number of hydrogen-bond donors (Lipinski definition) is 1. The minimum absolute atomic E-state index is 0.0644. The maximum Gasteiger partial charge on any atom is 0.123 e. The third-order valence-corrected chi connectivity index (χ3v) is 2.94. The highest BCUT2D eigenvalue weighted by atomic mass is 32.1. The van der Waals surface area contributed by atoms with Gasteiger partial charge in [0, 0.05) is 17.5 Å². The quantitative estimate of drug-likeness (QED) is 0.842. The van der Waals surface area contributed by atoms with E-state index in [1.165, 1.54) is 4.88 Å². The molecule has 4 heteroatoms. The van der Waals surface area contributed by atoms with E-state index in [2.05, 4.69) is 4.98 Å². The molecule has 0 aliphatic carbocycles. The molecular formula is C10H12N2OS. The lowest BCUT2D eigenvalue weighted by molar-refractivity contribution is 0.462. The van der Waals surface area contributed by atoms with E-state index in [0.717, 1.165) is 17.7 Å². The summed E-state index contributed by atoms with van der Waals surface area (Å²) in [5.74, 6) is 0.874. The monoisotopic (exact) mass is 208 g/mol. The molecule has 0 saturated carbocycles. The van der Waals surface area contributed by atoms with Gasteiger partial charge in [0.05, 0.1) is 17.8 Å². The molecule has 0 amide bonds. The molecule has 2 aromatic rings. The Morgan fingerprint density at radius 1 is 1.64 bits per heavy atom. The summed E-state index contributed by atoms with van der Waals surface area (Å²) >= 11 is 1.62. The Morgan fingerprint density at radius 3 is 3.07 bits per heavy atom. The maximum atomic E-state index is 6.02. The average molecular weight is 208 g/mol. The predicted octanol–water partition coefficient (Wildman–Crippen LogP) is 2.29. The van der Waals surface area contributed by atoms with Gasteiger partial charge in [-0.3, -0.25) is 4.98 Å². The summed E-state index contributed by atoms with van der Waals surface area (Å²) in [5.41, 5.74) is 8.95. The Labute approximate surface area is 86.6 Å². The molecular weight excluding hydrogens is 196 g/mol. The van der Waals surface area contributed by atoms with Gasteiger partial charge < -0.3 is 10.2 Å². The molecule has 2 N–H and O–H groups in total. The van der Waals surface area contributed by atoms with Gasteiger partial charge in [-0.15, -0.1) is 11.3 Å². The largest absolute Gasteiger partial charge is 0.467 e. The zero-order valence-corrected chi connectivity index (χ0v) is 8.75. The Bertz CT molecular complexity index is 394. The second kappa shape index (κ2) is 3.94. The average Bonchev–Trinajstić information content (AvgIpc) is 2.75. The summed E-state index contributed by atoms with van der Waals surface area (Å²) < 4.78 is 5.33. The number of aryl methyl sites for hydroxylation is 1. The lowest BCUT2D eigenvalue weighted by Crippen LogP contribution is -2.12. The van der Waals surface area contributed by atoms with E-state index in [1.54, 1.807) is 17.6 Å². The molecule has 1 unspecified atom stereocenters. The van der Waals surface area contributed by atoms with Gasteiger partial charge in [-0.1, -0.05) is 0 Å². The highest BCUT2D eigenvalue weighted by Gasteiger charge is 2.13. The molecule has 2 rings (SSSR count). The Balaban J connectivity index is 2.10. The summed E-state index contributed by atoms with van der Waals surface area (Å²) in [6.45, 7) is 2.01. The second-order valence-electron chi connectivity index (χ2n) is 3.25. The molecule has 2 heterocycles. The fourth-order valence-corrected chi connectivity index (χ4v) is 2.07. The van der Waals surface area contributed by atoms with Gasteiger partial charge in [0.2, 0.25) is 0 Å². The van der Waals surface area contributed by atoms with Crippen LogP contribution in [0.5, 0.6) is 0 Å². The lowest BCUT2D eigenvalue weighted by atomic mass is 10.1. The molecule has 0 aromatic carbocycles. The standard InChI is InChI=1S/C10H12N2OS/c1-7-2-3-13-10(7)9(11)4-8-5-12-6-14-8/h2-3,5-6,9H,4,11H2,1H3. The first kappa shape index (κ1) is 9.43. The van der Waals surface area contributed by atoms with Gasteiger partial charge in [0.15, 0.2) is 0 Å². The Hall–Kier alpha value is -1.13. The zero-order chi connectivity index (χ0) is 9.97. The number of nitrogens with zero attached hydrogens (tertiary/aromatic N) is 1. The van der Waals surface area contributed by atoms with Crippen molar-refractivity contribution in [2.45, 2.75) is 19.4 Å². The normalized spacial score (nSPS) is 13.0. The first-order valence-electron chi connectivity index (χ1n) is 4.44. The molecule has 1 atom stereocenters. The van der Waals surface area contributed by atoms with Crippen LogP contribution in [0, 0.1) is 6.92 Å². The van der Waals surface area contributed by atoms with Crippen molar-refractivity contribution < 1.29 is 4.42 Å². The van der Waals surface area contributed by atoms with Gasteiger partial charge in [0.1, 0.15) is 5.76 Å². The molecule has 2 aromatic heterocycles. The number of furan rings is 1. The highest BCUT2D eigenvalue weighted by molar-refractivity contribution is 7.09. The molecule has 0 saturated heterocycles. The van der Waals surface area contributed by atoms with Crippen molar-refractivity contribution in [3.8, 4) is 0 Å². The lowest BCUT2D eigenvalue weighted by Gasteiger charge is -2.07. The molecule has 0 bridgehead atoms. The van der Waals surface area contributed by atoms with Gasteiger partial charge in [-0.25, -0.2) is 0 Å². The molecule has 74 valence electrons. The second-order valence-corrected chi connectivity index (χ2v) is 4.22. The predicted molar refractivity (Wildman–Crippen MR) is 56.2 cm³/mol. The molecule has 0 radical (unpaired) electrons. The van der Waals surface area contributed by atoms with Crippen LogP contribution in [0.4, 0.5) is 0 Å². The Kier molecular flexibility index (Phi) is 2.65. The number of nitrogens with two attached hydrogens (primary N) is 1. The zero-order valence-electron chi connectivity index (χ0n) is 7.93. The minimum atomic E-state index is -0.0644. The third kappa shape index (κ3) is 1.86. The smallest absolute Gasteiger partial charge is 0.123 e. The maximum absolute atomic E-state index is 6.02. The summed E-state index contributed by atoms with van der Waals surface area (Å²) in [5, 5.41) is 0.